The first kappa shape index (κ1) is 22.3. The van der Waals surface area contributed by atoms with Crippen molar-refractivity contribution in [3.05, 3.63) is 59.7 Å². The van der Waals surface area contributed by atoms with E-state index < -0.39 is 0 Å². The first-order valence-corrected chi connectivity index (χ1v) is 9.69. The summed E-state index contributed by atoms with van der Waals surface area (Å²) in [6, 6.07) is 14.9. The van der Waals surface area contributed by atoms with Crippen LogP contribution in [0.3, 0.4) is 0 Å². The molecule has 0 spiro atoms. The van der Waals surface area contributed by atoms with E-state index in [1.165, 1.54) is 0 Å². The van der Waals surface area contributed by atoms with Crippen molar-refractivity contribution in [3.63, 3.8) is 0 Å². The number of methoxy groups -OCH3 is 2. The van der Waals surface area contributed by atoms with Crippen molar-refractivity contribution in [1.29, 1.82) is 0 Å². The van der Waals surface area contributed by atoms with Crippen LogP contribution < -0.4 is 14.8 Å². The molecule has 6 heteroatoms. The molecular formula is C23H29NO5. The van der Waals surface area contributed by atoms with Gasteiger partial charge in [-0.3, -0.25) is 9.59 Å². The molecule has 2 rings (SSSR count). The van der Waals surface area contributed by atoms with E-state index in [9.17, 15) is 9.59 Å². The molecule has 6 nitrogen and oxygen atoms in total. The monoisotopic (exact) mass is 399 g/mol. The first-order chi connectivity index (χ1) is 14.0. The van der Waals surface area contributed by atoms with Gasteiger partial charge in [0.2, 0.25) is 0 Å². The summed E-state index contributed by atoms with van der Waals surface area (Å²) in [6.45, 7) is 4.02. The summed E-state index contributed by atoms with van der Waals surface area (Å²) in [6.07, 6.45) is 0.833. The lowest BCUT2D eigenvalue weighted by molar-refractivity contribution is -0.151. The zero-order valence-electron chi connectivity index (χ0n) is 17.4. The second-order valence-electron chi connectivity index (χ2n) is 6.85. The van der Waals surface area contributed by atoms with Gasteiger partial charge in [-0.15, -0.1) is 0 Å². The maximum Gasteiger partial charge on any atom is 0.314 e. The number of hydrogen-bond donors (Lipinski definition) is 1. The Labute approximate surface area is 172 Å². The zero-order valence-corrected chi connectivity index (χ0v) is 17.4. The SMILES string of the molecule is CCC(C)C(C(=O)OCC(=O)NCc1ccc(OC)c(OC)c1)c1ccccc1. The molecule has 2 unspecified atom stereocenters. The van der Waals surface area contributed by atoms with Crippen LogP contribution in [0.15, 0.2) is 48.5 Å². The van der Waals surface area contributed by atoms with Gasteiger partial charge >= 0.3 is 5.97 Å². The number of carbonyl (C=O) groups is 2. The minimum Gasteiger partial charge on any atom is -0.493 e. The molecule has 0 aromatic heterocycles. The highest BCUT2D eigenvalue weighted by atomic mass is 16.5. The fraction of sp³-hybridized carbons (Fsp3) is 0.391. The fourth-order valence-electron chi connectivity index (χ4n) is 3.06. The summed E-state index contributed by atoms with van der Waals surface area (Å²) < 4.78 is 15.8. The molecule has 0 saturated carbocycles. The maximum absolute atomic E-state index is 12.6. The first-order valence-electron chi connectivity index (χ1n) is 9.69. The van der Waals surface area contributed by atoms with Crippen molar-refractivity contribution in [3.8, 4) is 11.5 Å². The molecule has 1 amide bonds. The number of esters is 1. The van der Waals surface area contributed by atoms with E-state index in [2.05, 4.69) is 5.32 Å². The Hall–Kier alpha value is -3.02. The summed E-state index contributed by atoms with van der Waals surface area (Å²) in [5.41, 5.74) is 1.75. The van der Waals surface area contributed by atoms with E-state index in [0.29, 0.717) is 18.0 Å². The molecule has 0 bridgehead atoms. The van der Waals surface area contributed by atoms with E-state index >= 15 is 0 Å². The quantitative estimate of drug-likeness (QED) is 0.617. The van der Waals surface area contributed by atoms with Gasteiger partial charge in [0.25, 0.3) is 5.91 Å². The molecule has 2 aromatic rings. The van der Waals surface area contributed by atoms with Crippen molar-refractivity contribution >= 4 is 11.9 Å². The van der Waals surface area contributed by atoms with Crippen LogP contribution in [0.1, 0.15) is 37.3 Å². The van der Waals surface area contributed by atoms with Crippen molar-refractivity contribution < 1.29 is 23.8 Å². The minimum absolute atomic E-state index is 0.111. The second kappa shape index (κ2) is 11.1. The molecule has 0 aliphatic heterocycles. The van der Waals surface area contributed by atoms with E-state index in [0.717, 1.165) is 17.5 Å². The van der Waals surface area contributed by atoms with Gasteiger partial charge < -0.3 is 19.5 Å². The van der Waals surface area contributed by atoms with Crippen LogP contribution in [-0.2, 0) is 20.9 Å². The Morgan fingerprint density at radius 1 is 1.00 bits per heavy atom. The third-order valence-electron chi connectivity index (χ3n) is 4.91. The van der Waals surface area contributed by atoms with E-state index in [4.69, 9.17) is 14.2 Å². The van der Waals surface area contributed by atoms with Gasteiger partial charge in [-0.05, 0) is 29.2 Å². The molecule has 0 fully saturated rings. The predicted octanol–water partition coefficient (Wildman–Crippen LogP) is 3.69. The van der Waals surface area contributed by atoms with Crippen LogP contribution in [-0.4, -0.2) is 32.7 Å². The predicted molar refractivity (Wildman–Crippen MR) is 111 cm³/mol. The average molecular weight is 399 g/mol. The molecule has 29 heavy (non-hydrogen) atoms. The van der Waals surface area contributed by atoms with E-state index in [1.54, 1.807) is 26.4 Å². The molecule has 2 atom stereocenters. The summed E-state index contributed by atoms with van der Waals surface area (Å²) in [7, 11) is 3.12. The molecule has 0 heterocycles. The number of benzene rings is 2. The van der Waals surface area contributed by atoms with Crippen LogP contribution in [0.5, 0.6) is 11.5 Å². The van der Waals surface area contributed by atoms with Crippen LogP contribution in [0.4, 0.5) is 0 Å². The van der Waals surface area contributed by atoms with Crippen LogP contribution in [0, 0.1) is 5.92 Å². The maximum atomic E-state index is 12.6. The Bertz CT molecular complexity index is 806. The van der Waals surface area contributed by atoms with E-state index in [-0.39, 0.29) is 30.3 Å². The third kappa shape index (κ3) is 6.24. The highest BCUT2D eigenvalue weighted by Crippen LogP contribution is 2.29. The lowest BCUT2D eigenvalue weighted by Gasteiger charge is -2.21. The highest BCUT2D eigenvalue weighted by Gasteiger charge is 2.27. The van der Waals surface area contributed by atoms with Crippen molar-refractivity contribution in [2.75, 3.05) is 20.8 Å². The van der Waals surface area contributed by atoms with Crippen LogP contribution in [0.2, 0.25) is 0 Å². The molecule has 0 aliphatic rings. The summed E-state index contributed by atoms with van der Waals surface area (Å²) in [5.74, 6) is 0.189. The number of ether oxygens (including phenoxy) is 3. The average Bonchev–Trinajstić information content (AvgIpc) is 2.76. The lowest BCUT2D eigenvalue weighted by Crippen LogP contribution is -2.30. The number of carbonyl (C=O) groups excluding carboxylic acids is 2. The molecule has 1 N–H and O–H groups in total. The van der Waals surface area contributed by atoms with Gasteiger partial charge in [0, 0.05) is 6.54 Å². The third-order valence-corrected chi connectivity index (χ3v) is 4.91. The van der Waals surface area contributed by atoms with Gasteiger partial charge in [0.15, 0.2) is 18.1 Å². The van der Waals surface area contributed by atoms with Gasteiger partial charge in [0.1, 0.15) is 0 Å². The summed E-state index contributed by atoms with van der Waals surface area (Å²) >= 11 is 0. The second-order valence-corrected chi connectivity index (χ2v) is 6.85. The van der Waals surface area contributed by atoms with Crippen LogP contribution in [0.25, 0.3) is 0 Å². The summed E-state index contributed by atoms with van der Waals surface area (Å²) in [5, 5.41) is 2.75. The van der Waals surface area contributed by atoms with Gasteiger partial charge in [-0.1, -0.05) is 56.7 Å². The fourth-order valence-corrected chi connectivity index (χ4v) is 3.06. The molecule has 0 saturated heterocycles. The summed E-state index contributed by atoms with van der Waals surface area (Å²) in [4.78, 5) is 24.8. The van der Waals surface area contributed by atoms with Crippen molar-refractivity contribution in [2.45, 2.75) is 32.7 Å². The number of amides is 1. The standard InChI is InChI=1S/C23H29NO5/c1-5-16(2)22(18-9-7-6-8-10-18)23(26)29-15-21(25)24-14-17-11-12-19(27-3)20(13-17)28-4/h6-13,16,22H,5,14-15H2,1-4H3,(H,24,25). The smallest absolute Gasteiger partial charge is 0.314 e. The topological polar surface area (TPSA) is 73.9 Å². The Morgan fingerprint density at radius 3 is 2.31 bits per heavy atom. The Morgan fingerprint density at radius 2 is 1.69 bits per heavy atom. The van der Waals surface area contributed by atoms with Gasteiger partial charge in [-0.25, -0.2) is 0 Å². The Balaban J connectivity index is 1.91. The minimum atomic E-state index is -0.389. The molecular weight excluding hydrogens is 370 g/mol. The number of nitrogens with one attached hydrogen (secondary N) is 1. The zero-order chi connectivity index (χ0) is 21.2. The van der Waals surface area contributed by atoms with Gasteiger partial charge in [-0.2, -0.15) is 0 Å². The normalized spacial score (nSPS) is 12.6. The Kier molecular flexibility index (Phi) is 8.52. The molecule has 0 radical (unpaired) electrons. The van der Waals surface area contributed by atoms with Gasteiger partial charge in [0.05, 0.1) is 20.1 Å². The van der Waals surface area contributed by atoms with Crippen molar-refractivity contribution in [1.82, 2.24) is 5.32 Å². The molecule has 2 aromatic carbocycles. The highest BCUT2D eigenvalue weighted by molar-refractivity contribution is 5.83. The molecule has 0 aliphatic carbocycles. The largest absolute Gasteiger partial charge is 0.493 e. The van der Waals surface area contributed by atoms with E-state index in [1.807, 2.05) is 50.2 Å². The number of hydrogen-bond acceptors (Lipinski definition) is 5. The number of rotatable bonds is 10. The van der Waals surface area contributed by atoms with Crippen molar-refractivity contribution in [2.24, 2.45) is 5.92 Å². The van der Waals surface area contributed by atoms with Crippen LogP contribution >= 0.6 is 0 Å². The molecule has 156 valence electrons. The lowest BCUT2D eigenvalue weighted by atomic mass is 9.86.